The molecule has 2 aromatic heterocycles. The Labute approximate surface area is 127 Å². The molecule has 21 heavy (non-hydrogen) atoms. The molecule has 1 saturated carbocycles. The summed E-state index contributed by atoms with van der Waals surface area (Å²) in [5.74, 6) is 0.370. The fourth-order valence-electron chi connectivity index (χ4n) is 2.49. The second kappa shape index (κ2) is 5.56. The molecule has 1 aliphatic rings. The Morgan fingerprint density at radius 1 is 1.52 bits per heavy atom. The number of nitrogens with zero attached hydrogens (tertiary/aromatic N) is 2. The number of anilines is 1. The second-order valence-electron chi connectivity index (χ2n) is 4.94. The van der Waals surface area contributed by atoms with E-state index in [2.05, 4.69) is 15.0 Å². The highest BCUT2D eigenvalue weighted by Crippen LogP contribution is 2.28. The van der Waals surface area contributed by atoms with Gasteiger partial charge in [0.2, 0.25) is 0 Å². The first-order valence-electron chi connectivity index (χ1n) is 6.82. The lowest BCUT2D eigenvalue weighted by molar-refractivity contribution is -0.00477. The fraction of sp³-hybridized carbons (Fsp3) is 0.583. The van der Waals surface area contributed by atoms with E-state index in [9.17, 15) is 8.42 Å². The summed E-state index contributed by atoms with van der Waals surface area (Å²) in [5.41, 5.74) is 0. The number of imidazole rings is 1. The first-order chi connectivity index (χ1) is 10.0. The van der Waals surface area contributed by atoms with Crippen LogP contribution in [0, 0.1) is 0 Å². The van der Waals surface area contributed by atoms with Gasteiger partial charge in [-0.05, 0) is 19.8 Å². The fourth-order valence-corrected chi connectivity index (χ4v) is 4.82. The highest BCUT2D eigenvalue weighted by molar-refractivity contribution is 7.89. The van der Waals surface area contributed by atoms with Crippen LogP contribution in [0.3, 0.4) is 0 Å². The molecule has 0 saturated heterocycles. The monoisotopic (exact) mass is 330 g/mol. The molecule has 0 spiro atoms. The van der Waals surface area contributed by atoms with Gasteiger partial charge in [-0.3, -0.25) is 4.40 Å². The van der Waals surface area contributed by atoms with E-state index in [4.69, 9.17) is 4.74 Å². The van der Waals surface area contributed by atoms with E-state index in [1.807, 2.05) is 12.3 Å². The molecular weight excluding hydrogens is 312 g/mol. The first kappa shape index (κ1) is 14.8. The zero-order valence-corrected chi connectivity index (χ0v) is 13.5. The minimum absolute atomic E-state index is 0.0690. The number of hydrogen-bond donors (Lipinski definition) is 2. The van der Waals surface area contributed by atoms with E-state index in [1.54, 1.807) is 17.6 Å². The molecule has 1 fully saturated rings. The van der Waals surface area contributed by atoms with E-state index in [-0.39, 0.29) is 17.2 Å². The number of thiazole rings is 1. The van der Waals surface area contributed by atoms with Crippen LogP contribution >= 0.6 is 11.3 Å². The summed E-state index contributed by atoms with van der Waals surface area (Å²) in [7, 11) is -1.95. The van der Waals surface area contributed by atoms with Crippen LogP contribution in [-0.2, 0) is 14.8 Å². The highest BCUT2D eigenvalue weighted by atomic mass is 32.2. The second-order valence-corrected chi connectivity index (χ2v) is 7.44. The van der Waals surface area contributed by atoms with Gasteiger partial charge in [0.1, 0.15) is 0 Å². The Morgan fingerprint density at radius 3 is 2.95 bits per heavy atom. The van der Waals surface area contributed by atoms with E-state index >= 15 is 0 Å². The van der Waals surface area contributed by atoms with Crippen LogP contribution in [0.4, 0.5) is 5.82 Å². The lowest BCUT2D eigenvalue weighted by Crippen LogP contribution is -2.48. The summed E-state index contributed by atoms with van der Waals surface area (Å²) >= 11 is 1.40. The molecule has 0 bridgehead atoms. The molecule has 0 amide bonds. The number of rotatable bonds is 6. The average molecular weight is 330 g/mol. The predicted octanol–water partition coefficient (Wildman–Crippen LogP) is 1.28. The summed E-state index contributed by atoms with van der Waals surface area (Å²) in [4.78, 5) is 4.93. The molecule has 0 aliphatic heterocycles. The Kier molecular flexibility index (Phi) is 3.91. The zero-order valence-electron chi connectivity index (χ0n) is 11.9. The van der Waals surface area contributed by atoms with E-state index < -0.39 is 10.0 Å². The quantitative estimate of drug-likeness (QED) is 0.833. The lowest BCUT2D eigenvalue weighted by atomic mass is 9.90. The molecule has 9 heteroatoms. The molecule has 2 N–H and O–H groups in total. The largest absolute Gasteiger partial charge is 0.378 e. The highest BCUT2D eigenvalue weighted by Gasteiger charge is 2.35. The maximum Gasteiger partial charge on any atom is 0.260 e. The number of hydrogen-bond acceptors (Lipinski definition) is 6. The van der Waals surface area contributed by atoms with Gasteiger partial charge in [-0.25, -0.2) is 18.1 Å². The Balaban J connectivity index is 1.82. The predicted molar refractivity (Wildman–Crippen MR) is 81.4 cm³/mol. The number of aromatic nitrogens is 2. The van der Waals surface area contributed by atoms with Crippen LogP contribution in [0.5, 0.6) is 0 Å². The van der Waals surface area contributed by atoms with Gasteiger partial charge in [0.25, 0.3) is 10.0 Å². The van der Waals surface area contributed by atoms with Crippen molar-refractivity contribution in [2.75, 3.05) is 19.0 Å². The van der Waals surface area contributed by atoms with Gasteiger partial charge >= 0.3 is 0 Å². The number of ether oxygens (including phenoxy) is 1. The van der Waals surface area contributed by atoms with Gasteiger partial charge in [0.05, 0.1) is 6.10 Å². The maximum atomic E-state index is 12.6. The normalized spacial score (nSPS) is 22.4. The smallest absolute Gasteiger partial charge is 0.260 e. The van der Waals surface area contributed by atoms with Crippen molar-refractivity contribution in [3.8, 4) is 0 Å². The topological polar surface area (TPSA) is 84.7 Å². The molecule has 3 rings (SSSR count). The van der Waals surface area contributed by atoms with Crippen molar-refractivity contribution in [1.82, 2.24) is 14.1 Å². The summed E-state index contributed by atoms with van der Waals surface area (Å²) in [5, 5.41) is 4.83. The Morgan fingerprint density at radius 2 is 2.29 bits per heavy atom. The molecule has 7 nitrogen and oxygen atoms in total. The van der Waals surface area contributed by atoms with Crippen LogP contribution in [0.15, 0.2) is 16.6 Å². The molecule has 116 valence electrons. The van der Waals surface area contributed by atoms with Gasteiger partial charge in [0.15, 0.2) is 15.8 Å². The van der Waals surface area contributed by atoms with E-state index in [0.29, 0.717) is 30.2 Å². The number of fused-ring (bicyclic) bond motifs is 1. The lowest BCUT2D eigenvalue weighted by Gasteiger charge is -2.34. The molecule has 2 aromatic rings. The third-order valence-corrected chi connectivity index (χ3v) is 5.83. The third kappa shape index (κ3) is 2.66. The van der Waals surface area contributed by atoms with Gasteiger partial charge in [-0.1, -0.05) is 0 Å². The van der Waals surface area contributed by atoms with Crippen molar-refractivity contribution < 1.29 is 13.2 Å². The van der Waals surface area contributed by atoms with Gasteiger partial charge in [-0.2, -0.15) is 0 Å². The van der Waals surface area contributed by atoms with Crippen LogP contribution in [0.1, 0.15) is 19.8 Å². The van der Waals surface area contributed by atoms with E-state index in [1.165, 1.54) is 11.3 Å². The average Bonchev–Trinajstić information content (AvgIpc) is 2.95. The van der Waals surface area contributed by atoms with Crippen molar-refractivity contribution in [2.45, 2.75) is 36.9 Å². The van der Waals surface area contributed by atoms with Crippen LogP contribution in [0.2, 0.25) is 0 Å². The molecule has 0 radical (unpaired) electrons. The summed E-state index contributed by atoms with van der Waals surface area (Å²) in [6.45, 7) is 2.60. The van der Waals surface area contributed by atoms with Crippen LogP contribution < -0.4 is 10.0 Å². The van der Waals surface area contributed by atoms with Gasteiger partial charge in [-0.15, -0.1) is 11.3 Å². The van der Waals surface area contributed by atoms with Crippen molar-refractivity contribution in [2.24, 2.45) is 0 Å². The SMILES string of the molecule is CCOC1CC(NS(=O)(=O)c2c(NC)nc3sccn23)C1. The summed E-state index contributed by atoms with van der Waals surface area (Å²) in [6.07, 6.45) is 3.31. The number of nitrogens with one attached hydrogen (secondary N) is 2. The summed E-state index contributed by atoms with van der Waals surface area (Å²) in [6, 6.07) is -0.0690. The number of sulfonamides is 1. The van der Waals surface area contributed by atoms with Crippen molar-refractivity contribution in [3.63, 3.8) is 0 Å². The van der Waals surface area contributed by atoms with Crippen molar-refractivity contribution in [3.05, 3.63) is 11.6 Å². The molecule has 2 heterocycles. The van der Waals surface area contributed by atoms with Crippen LogP contribution in [-0.4, -0.2) is 43.6 Å². The third-order valence-electron chi connectivity index (χ3n) is 3.53. The van der Waals surface area contributed by atoms with Gasteiger partial charge < -0.3 is 10.1 Å². The molecule has 0 unspecified atom stereocenters. The van der Waals surface area contributed by atoms with Gasteiger partial charge in [0, 0.05) is 31.3 Å². The van der Waals surface area contributed by atoms with Crippen molar-refractivity contribution >= 4 is 32.1 Å². The summed E-state index contributed by atoms with van der Waals surface area (Å²) < 4.78 is 35.0. The maximum absolute atomic E-state index is 12.6. The standard InChI is InChI=1S/C12H18N4O3S2/c1-3-19-9-6-8(7-9)15-21(17,18)11-10(13-2)14-12-16(11)4-5-20-12/h4-5,8-9,13,15H,3,6-7H2,1-2H3. The first-order valence-corrected chi connectivity index (χ1v) is 9.18. The Hall–Kier alpha value is -1.16. The minimum atomic E-state index is -3.62. The van der Waals surface area contributed by atoms with E-state index in [0.717, 1.165) is 0 Å². The van der Waals surface area contributed by atoms with Crippen LogP contribution in [0.25, 0.3) is 4.96 Å². The van der Waals surface area contributed by atoms with Crippen molar-refractivity contribution in [1.29, 1.82) is 0 Å². The molecule has 1 aliphatic carbocycles. The Bertz CT molecular complexity index is 731. The molecule has 0 atom stereocenters. The molecular formula is C12H18N4O3S2. The zero-order chi connectivity index (χ0) is 15.0. The minimum Gasteiger partial charge on any atom is -0.378 e. The molecule has 0 aromatic carbocycles.